The fourth-order valence-corrected chi connectivity index (χ4v) is 2.10. The number of carboxylic acid groups (broad SMARTS) is 1. The molecule has 1 amide bonds. The molecule has 1 atom stereocenters. The number of piperidine rings is 1. The van der Waals surface area contributed by atoms with Crippen LogP contribution >= 0.6 is 0 Å². The molecule has 5 nitrogen and oxygen atoms in total. The number of hydrogen-bond donors (Lipinski definition) is 3. The van der Waals surface area contributed by atoms with Crippen molar-refractivity contribution in [3.8, 4) is 0 Å². The molecule has 0 unspecified atom stereocenters. The molecule has 2 rings (SSSR count). The van der Waals surface area contributed by atoms with E-state index in [1.165, 1.54) is 39.3 Å². The molecule has 5 heteroatoms. The second kappa shape index (κ2) is 9.94. The number of aliphatic carboxylic acids is 1. The lowest BCUT2D eigenvalue weighted by atomic mass is 10.1. The third-order valence-electron chi connectivity index (χ3n) is 3.17. The Hall–Kier alpha value is -1.88. The van der Waals surface area contributed by atoms with Crippen LogP contribution in [0, 0.1) is 0 Å². The van der Waals surface area contributed by atoms with Gasteiger partial charge in [-0.05, 0) is 31.5 Å². The summed E-state index contributed by atoms with van der Waals surface area (Å²) in [6.07, 6.45) is 4.52. The van der Waals surface area contributed by atoms with Crippen LogP contribution in [0.4, 0.5) is 0 Å². The van der Waals surface area contributed by atoms with E-state index in [1.807, 2.05) is 30.3 Å². The third-order valence-corrected chi connectivity index (χ3v) is 3.17. The van der Waals surface area contributed by atoms with E-state index in [1.54, 1.807) is 0 Å². The summed E-state index contributed by atoms with van der Waals surface area (Å²) in [5.74, 6) is -1.35. The molecular weight excluding hydrogens is 268 g/mol. The average molecular weight is 292 g/mol. The van der Waals surface area contributed by atoms with E-state index in [0.29, 0.717) is 6.42 Å². The normalized spacial score (nSPS) is 15.3. The lowest BCUT2D eigenvalue weighted by Crippen LogP contribution is -2.41. The van der Waals surface area contributed by atoms with Crippen LogP contribution in [-0.4, -0.2) is 36.1 Å². The van der Waals surface area contributed by atoms with Gasteiger partial charge in [-0.2, -0.15) is 0 Å². The van der Waals surface area contributed by atoms with Crippen LogP contribution in [-0.2, 0) is 16.0 Å². The Kier molecular flexibility index (Phi) is 8.12. The van der Waals surface area contributed by atoms with Crippen molar-refractivity contribution in [3.05, 3.63) is 35.9 Å². The first kappa shape index (κ1) is 17.2. The minimum absolute atomic E-state index is 0.301. The van der Waals surface area contributed by atoms with E-state index in [-0.39, 0.29) is 5.91 Å². The average Bonchev–Trinajstić information content (AvgIpc) is 2.49. The van der Waals surface area contributed by atoms with Gasteiger partial charge >= 0.3 is 5.97 Å². The van der Waals surface area contributed by atoms with Crippen molar-refractivity contribution in [1.82, 2.24) is 10.6 Å². The summed E-state index contributed by atoms with van der Waals surface area (Å²) in [7, 11) is 0. The van der Waals surface area contributed by atoms with Crippen molar-refractivity contribution >= 4 is 11.9 Å². The van der Waals surface area contributed by atoms with Crippen molar-refractivity contribution in [3.63, 3.8) is 0 Å². The van der Waals surface area contributed by atoms with Gasteiger partial charge in [-0.15, -0.1) is 0 Å². The largest absolute Gasteiger partial charge is 0.480 e. The highest BCUT2D eigenvalue weighted by Gasteiger charge is 2.18. The van der Waals surface area contributed by atoms with E-state index in [9.17, 15) is 9.59 Å². The quantitative estimate of drug-likeness (QED) is 0.787. The maximum Gasteiger partial charge on any atom is 0.326 e. The van der Waals surface area contributed by atoms with Crippen molar-refractivity contribution in [2.75, 3.05) is 13.1 Å². The van der Waals surface area contributed by atoms with E-state index in [0.717, 1.165) is 5.56 Å². The van der Waals surface area contributed by atoms with Crippen molar-refractivity contribution in [2.45, 2.75) is 38.6 Å². The first-order chi connectivity index (χ1) is 10.1. The number of amides is 1. The van der Waals surface area contributed by atoms with Crippen LogP contribution in [0.25, 0.3) is 0 Å². The summed E-state index contributed by atoms with van der Waals surface area (Å²) < 4.78 is 0. The summed E-state index contributed by atoms with van der Waals surface area (Å²) in [6, 6.07) is 8.34. The number of carbonyl (C=O) groups excluding carboxylic acids is 1. The molecule has 116 valence electrons. The Morgan fingerprint density at radius 1 is 1.19 bits per heavy atom. The molecule has 21 heavy (non-hydrogen) atoms. The summed E-state index contributed by atoms with van der Waals surface area (Å²) in [6.45, 7) is 3.81. The SMILES string of the molecule is C1CCNCC1.CC(=O)N[C@@H](Cc1ccccc1)C(=O)O. The first-order valence-electron chi connectivity index (χ1n) is 7.34. The number of carbonyl (C=O) groups is 2. The molecule has 0 bridgehead atoms. The van der Waals surface area contributed by atoms with E-state index < -0.39 is 12.0 Å². The second-order valence-electron chi connectivity index (χ2n) is 5.09. The zero-order valence-electron chi connectivity index (χ0n) is 12.5. The lowest BCUT2D eigenvalue weighted by molar-refractivity contribution is -0.141. The van der Waals surface area contributed by atoms with Crippen LogP contribution in [0.15, 0.2) is 30.3 Å². The molecule has 0 spiro atoms. The fraction of sp³-hybridized carbons (Fsp3) is 0.500. The first-order valence-corrected chi connectivity index (χ1v) is 7.34. The van der Waals surface area contributed by atoms with E-state index in [4.69, 9.17) is 5.11 Å². The van der Waals surface area contributed by atoms with Gasteiger partial charge in [0, 0.05) is 13.3 Å². The van der Waals surface area contributed by atoms with E-state index >= 15 is 0 Å². The lowest BCUT2D eigenvalue weighted by Gasteiger charge is -2.12. The molecule has 1 aliphatic heterocycles. The van der Waals surface area contributed by atoms with Crippen LogP contribution in [0.2, 0.25) is 0 Å². The van der Waals surface area contributed by atoms with Gasteiger partial charge in [-0.3, -0.25) is 4.79 Å². The zero-order chi connectivity index (χ0) is 15.5. The van der Waals surface area contributed by atoms with E-state index in [2.05, 4.69) is 10.6 Å². The third kappa shape index (κ3) is 8.09. The number of hydrogen-bond acceptors (Lipinski definition) is 3. The Bertz CT molecular complexity index is 419. The van der Waals surface area contributed by atoms with Gasteiger partial charge in [-0.1, -0.05) is 36.8 Å². The van der Waals surface area contributed by atoms with Gasteiger partial charge in [0.05, 0.1) is 0 Å². The zero-order valence-corrected chi connectivity index (χ0v) is 12.5. The molecule has 0 aromatic heterocycles. The smallest absolute Gasteiger partial charge is 0.326 e. The molecule has 1 heterocycles. The predicted molar refractivity (Wildman–Crippen MR) is 82.1 cm³/mol. The Balaban J connectivity index is 0.000000304. The van der Waals surface area contributed by atoms with Crippen molar-refractivity contribution in [1.29, 1.82) is 0 Å². The van der Waals surface area contributed by atoms with Gasteiger partial charge in [0.25, 0.3) is 0 Å². The molecule has 1 aromatic carbocycles. The monoisotopic (exact) mass is 292 g/mol. The molecule has 3 N–H and O–H groups in total. The number of carboxylic acids is 1. The van der Waals surface area contributed by atoms with Gasteiger partial charge in [0.15, 0.2) is 0 Å². The maximum absolute atomic E-state index is 10.8. The second-order valence-corrected chi connectivity index (χ2v) is 5.09. The molecule has 0 aliphatic carbocycles. The van der Waals surface area contributed by atoms with Crippen LogP contribution < -0.4 is 10.6 Å². The Morgan fingerprint density at radius 3 is 2.19 bits per heavy atom. The topological polar surface area (TPSA) is 78.4 Å². The van der Waals surface area contributed by atoms with Crippen LogP contribution in [0.5, 0.6) is 0 Å². The summed E-state index contributed by atoms with van der Waals surface area (Å²) in [5, 5.41) is 14.5. The van der Waals surface area contributed by atoms with Gasteiger partial charge < -0.3 is 15.7 Å². The highest BCUT2D eigenvalue weighted by Crippen LogP contribution is 2.03. The maximum atomic E-state index is 10.8. The molecular formula is C16H24N2O3. The summed E-state index contributed by atoms with van der Waals surface area (Å²) >= 11 is 0. The molecule has 1 saturated heterocycles. The molecule has 1 aromatic rings. The predicted octanol–water partition coefficient (Wildman–Crippen LogP) is 1.58. The molecule has 1 fully saturated rings. The van der Waals surface area contributed by atoms with Crippen molar-refractivity contribution in [2.24, 2.45) is 0 Å². The minimum atomic E-state index is -1.02. The van der Waals surface area contributed by atoms with Crippen LogP contribution in [0.3, 0.4) is 0 Å². The molecule has 0 saturated carbocycles. The number of rotatable bonds is 4. The summed E-state index contributed by atoms with van der Waals surface area (Å²) in [5.41, 5.74) is 0.888. The minimum Gasteiger partial charge on any atom is -0.480 e. The number of benzene rings is 1. The summed E-state index contributed by atoms with van der Waals surface area (Å²) in [4.78, 5) is 21.6. The van der Waals surface area contributed by atoms with Gasteiger partial charge in [0.2, 0.25) is 5.91 Å². The Morgan fingerprint density at radius 2 is 1.81 bits per heavy atom. The molecule has 1 aliphatic rings. The highest BCUT2D eigenvalue weighted by molar-refractivity contribution is 5.82. The van der Waals surface area contributed by atoms with Gasteiger partial charge in [-0.25, -0.2) is 4.79 Å². The van der Waals surface area contributed by atoms with Gasteiger partial charge in [0.1, 0.15) is 6.04 Å². The van der Waals surface area contributed by atoms with Crippen molar-refractivity contribution < 1.29 is 14.7 Å². The standard InChI is InChI=1S/C11H13NO3.C5H11N/c1-8(13)12-10(11(14)15)7-9-5-3-2-4-6-9;1-2-4-6-5-3-1/h2-6,10H,7H2,1H3,(H,12,13)(H,14,15);6H,1-5H2/t10-;/m0./s1. The fourth-order valence-electron chi connectivity index (χ4n) is 2.10. The molecule has 0 radical (unpaired) electrons. The van der Waals surface area contributed by atoms with Crippen LogP contribution in [0.1, 0.15) is 31.7 Å². The Labute approximate surface area is 125 Å². The highest BCUT2D eigenvalue weighted by atomic mass is 16.4. The number of nitrogens with one attached hydrogen (secondary N) is 2.